The topological polar surface area (TPSA) is 80.3 Å². The summed E-state index contributed by atoms with van der Waals surface area (Å²) in [4.78, 5) is 25.6. The Hall–Kier alpha value is -1.28. The first-order valence-electron chi connectivity index (χ1n) is 10.8. The van der Waals surface area contributed by atoms with Crippen molar-refractivity contribution < 1.29 is 33.3 Å². The van der Waals surface area contributed by atoms with E-state index >= 15 is 0 Å². The summed E-state index contributed by atoms with van der Waals surface area (Å²) in [7, 11) is 0. The molecule has 2 spiro atoms. The number of allylic oxidation sites excluding steroid dienone is 2. The Morgan fingerprint density at radius 2 is 1.90 bits per heavy atom. The molecule has 5 unspecified atom stereocenters. The summed E-state index contributed by atoms with van der Waals surface area (Å²) in [6, 6.07) is 0. The average molecular weight is 404 g/mol. The molecule has 7 nitrogen and oxygen atoms in total. The van der Waals surface area contributed by atoms with Gasteiger partial charge in [-0.2, -0.15) is 0 Å². The minimum atomic E-state index is -0.913. The molecule has 6 rings (SSSR count). The van der Waals surface area contributed by atoms with Gasteiger partial charge in [0, 0.05) is 29.6 Å². The van der Waals surface area contributed by atoms with Crippen molar-refractivity contribution in [3.8, 4) is 0 Å². The third-order valence-electron chi connectivity index (χ3n) is 9.16. The van der Waals surface area contributed by atoms with E-state index in [-0.39, 0.29) is 48.0 Å². The number of rotatable bonds is 0. The smallest absolute Gasteiger partial charge is 0.310 e. The summed E-state index contributed by atoms with van der Waals surface area (Å²) in [5.41, 5.74) is -1.42. The molecule has 0 N–H and O–H groups in total. The fraction of sp³-hybridized carbons (Fsp3) is 0.818. The van der Waals surface area contributed by atoms with E-state index in [0.717, 1.165) is 19.3 Å². The highest BCUT2D eigenvalue weighted by molar-refractivity contribution is 5.86. The lowest BCUT2D eigenvalue weighted by atomic mass is 9.48. The van der Waals surface area contributed by atoms with Crippen LogP contribution in [0.25, 0.3) is 0 Å². The van der Waals surface area contributed by atoms with Gasteiger partial charge in [0.25, 0.3) is 0 Å². The highest BCUT2D eigenvalue weighted by Crippen LogP contribution is 2.70. The first-order valence-corrected chi connectivity index (χ1v) is 10.8. The van der Waals surface area contributed by atoms with Gasteiger partial charge in [-0.15, -0.1) is 0 Å². The molecule has 0 bridgehead atoms. The molecule has 0 aromatic heterocycles. The summed E-state index contributed by atoms with van der Waals surface area (Å²) >= 11 is 0. The van der Waals surface area contributed by atoms with Gasteiger partial charge in [-0.25, -0.2) is 0 Å². The second-order valence-electron chi connectivity index (χ2n) is 10.1. The summed E-state index contributed by atoms with van der Waals surface area (Å²) in [5, 5.41) is 0. The third kappa shape index (κ3) is 2.03. The molecule has 5 fully saturated rings. The van der Waals surface area contributed by atoms with E-state index in [1.807, 2.05) is 0 Å². The van der Waals surface area contributed by atoms with Crippen molar-refractivity contribution in [1.82, 2.24) is 0 Å². The maximum Gasteiger partial charge on any atom is 0.310 e. The van der Waals surface area contributed by atoms with Crippen LogP contribution in [-0.4, -0.2) is 43.3 Å². The zero-order valence-electron chi connectivity index (χ0n) is 17.0. The van der Waals surface area contributed by atoms with Crippen LogP contribution in [0.5, 0.6) is 0 Å². The van der Waals surface area contributed by atoms with Crippen molar-refractivity contribution in [3.05, 3.63) is 11.8 Å². The first kappa shape index (κ1) is 18.5. The zero-order valence-corrected chi connectivity index (χ0v) is 17.0. The highest BCUT2D eigenvalue weighted by atomic mass is 16.9. The van der Waals surface area contributed by atoms with Crippen LogP contribution in [-0.2, 0) is 33.3 Å². The number of hydrogen-bond acceptors (Lipinski definition) is 7. The lowest BCUT2D eigenvalue weighted by Gasteiger charge is -2.57. The maximum atomic E-state index is 13.7. The predicted octanol–water partition coefficient (Wildman–Crippen LogP) is 2.68. The van der Waals surface area contributed by atoms with Gasteiger partial charge in [-0.1, -0.05) is 13.8 Å². The SMILES string of the molecule is C[C@]12CCC(=O)OC1=CCC1C2C(=O)C[C@@]2(C)C1CCC21OCOC12COCO2. The number of fused-ring (bicyclic) bond motifs is 7. The molecule has 0 amide bonds. The number of Topliss-reactive ketones (excluding diaryl/α,β-unsaturated/α-hetero) is 1. The van der Waals surface area contributed by atoms with E-state index in [2.05, 4.69) is 19.9 Å². The second-order valence-corrected chi connectivity index (χ2v) is 10.1. The highest BCUT2D eigenvalue weighted by Gasteiger charge is 2.76. The Labute approximate surface area is 170 Å². The van der Waals surface area contributed by atoms with Gasteiger partial charge in [-0.3, -0.25) is 9.59 Å². The van der Waals surface area contributed by atoms with Crippen molar-refractivity contribution in [2.45, 2.75) is 63.8 Å². The molecule has 7 heteroatoms. The maximum absolute atomic E-state index is 13.7. The lowest BCUT2D eigenvalue weighted by Crippen LogP contribution is -2.65. The number of carbonyl (C=O) groups is 2. The van der Waals surface area contributed by atoms with Crippen LogP contribution in [0.2, 0.25) is 0 Å². The monoisotopic (exact) mass is 404 g/mol. The largest absolute Gasteiger partial charge is 0.431 e. The summed E-state index contributed by atoms with van der Waals surface area (Å²) in [6.07, 6.45) is 6.09. The van der Waals surface area contributed by atoms with Gasteiger partial charge < -0.3 is 23.7 Å². The Morgan fingerprint density at radius 3 is 2.69 bits per heavy atom. The van der Waals surface area contributed by atoms with E-state index in [4.69, 9.17) is 23.7 Å². The van der Waals surface area contributed by atoms with Gasteiger partial charge in [0.05, 0.1) is 0 Å². The number of ketones is 1. The number of carbonyl (C=O) groups excluding carboxylic acids is 2. The van der Waals surface area contributed by atoms with Crippen LogP contribution in [0.4, 0.5) is 0 Å². The molecule has 0 aromatic rings. The predicted molar refractivity (Wildman–Crippen MR) is 98.0 cm³/mol. The second kappa shape index (κ2) is 5.69. The van der Waals surface area contributed by atoms with Gasteiger partial charge >= 0.3 is 5.97 Å². The standard InChI is InChI=1S/C22H28O7/c1-19-7-6-17(24)29-16(19)4-3-13-14-5-8-21(20(14,2)9-15(23)18(13)19)22(28-12-26-21)10-25-11-27-22/h4,13-14,18H,3,5-12H2,1-2H3/t13?,14?,18?,19-,20-,21?,22?/m0/s1. The zero-order chi connectivity index (χ0) is 20.1. The van der Waals surface area contributed by atoms with Gasteiger partial charge in [0.1, 0.15) is 23.8 Å². The van der Waals surface area contributed by atoms with Gasteiger partial charge in [-0.05, 0) is 43.6 Å². The molecule has 3 aliphatic carbocycles. The van der Waals surface area contributed by atoms with Gasteiger partial charge in [0.15, 0.2) is 13.6 Å². The summed E-state index contributed by atoms with van der Waals surface area (Å²) in [6.45, 7) is 5.01. The molecule has 3 heterocycles. The molecule has 158 valence electrons. The van der Waals surface area contributed by atoms with E-state index in [9.17, 15) is 9.59 Å². The van der Waals surface area contributed by atoms with Crippen molar-refractivity contribution in [1.29, 1.82) is 0 Å². The quantitative estimate of drug-likeness (QED) is 0.574. The molecule has 2 saturated carbocycles. The fourth-order valence-corrected chi connectivity index (χ4v) is 7.88. The van der Waals surface area contributed by atoms with Crippen LogP contribution in [0, 0.1) is 28.6 Å². The Bertz CT molecular complexity index is 808. The molecule has 3 aliphatic heterocycles. The average Bonchev–Trinajstić information content (AvgIpc) is 3.37. The van der Waals surface area contributed by atoms with E-state index in [0.29, 0.717) is 37.5 Å². The molecule has 6 aliphatic rings. The Kier molecular flexibility index (Phi) is 3.63. The number of hydrogen-bond donors (Lipinski definition) is 0. The Morgan fingerprint density at radius 1 is 1.07 bits per heavy atom. The third-order valence-corrected chi connectivity index (χ3v) is 9.16. The summed E-state index contributed by atoms with van der Waals surface area (Å²) < 4.78 is 29.4. The first-order chi connectivity index (χ1) is 13.9. The van der Waals surface area contributed by atoms with E-state index < -0.39 is 11.4 Å². The minimum Gasteiger partial charge on any atom is -0.431 e. The van der Waals surface area contributed by atoms with Crippen molar-refractivity contribution >= 4 is 11.8 Å². The molecular weight excluding hydrogens is 376 g/mol. The van der Waals surface area contributed by atoms with Gasteiger partial charge in [0.2, 0.25) is 5.79 Å². The van der Waals surface area contributed by atoms with Crippen LogP contribution in [0.15, 0.2) is 11.8 Å². The minimum absolute atomic E-state index is 0.108. The molecule has 7 atom stereocenters. The van der Waals surface area contributed by atoms with E-state index in [1.54, 1.807) is 0 Å². The molecule has 29 heavy (non-hydrogen) atoms. The number of ether oxygens (including phenoxy) is 5. The van der Waals surface area contributed by atoms with Crippen LogP contribution in [0.1, 0.15) is 52.4 Å². The lowest BCUT2D eigenvalue weighted by molar-refractivity contribution is -0.246. The van der Waals surface area contributed by atoms with Crippen molar-refractivity contribution in [2.24, 2.45) is 28.6 Å². The van der Waals surface area contributed by atoms with Crippen LogP contribution < -0.4 is 0 Å². The van der Waals surface area contributed by atoms with E-state index in [1.165, 1.54) is 0 Å². The molecule has 3 saturated heterocycles. The molecular formula is C22H28O7. The van der Waals surface area contributed by atoms with Crippen molar-refractivity contribution in [3.63, 3.8) is 0 Å². The fourth-order valence-electron chi connectivity index (χ4n) is 7.88. The number of esters is 1. The Balaban J connectivity index is 1.42. The summed E-state index contributed by atoms with van der Waals surface area (Å²) in [5.74, 6) is 0.299. The van der Waals surface area contributed by atoms with Crippen LogP contribution in [0.3, 0.4) is 0 Å². The van der Waals surface area contributed by atoms with Crippen molar-refractivity contribution in [2.75, 3.05) is 20.2 Å². The molecule has 0 aromatic carbocycles. The molecule has 0 radical (unpaired) electrons. The normalized spacial score (nSPS) is 53.6. The van der Waals surface area contributed by atoms with Crippen LogP contribution >= 0.6 is 0 Å².